The molecule has 0 amide bonds. The van der Waals surface area contributed by atoms with E-state index in [2.05, 4.69) is 26.1 Å². The van der Waals surface area contributed by atoms with Crippen molar-refractivity contribution < 1.29 is 14.4 Å². The van der Waals surface area contributed by atoms with Crippen molar-refractivity contribution in [3.8, 4) is 17.0 Å². The summed E-state index contributed by atoms with van der Waals surface area (Å²) in [6.07, 6.45) is 1.83. The van der Waals surface area contributed by atoms with Gasteiger partial charge in [0.05, 0.1) is 29.0 Å². The summed E-state index contributed by atoms with van der Waals surface area (Å²) in [5, 5.41) is 17.6. The highest BCUT2D eigenvalue weighted by Crippen LogP contribution is 2.36. The first-order chi connectivity index (χ1) is 19.0. The Labute approximate surface area is 242 Å². The molecule has 0 aliphatic carbocycles. The van der Waals surface area contributed by atoms with E-state index in [-0.39, 0.29) is 11.3 Å². The molecule has 5 aromatic rings. The summed E-state index contributed by atoms with van der Waals surface area (Å²) in [6.45, 7) is 8.62. The minimum atomic E-state index is -0.456. The monoisotopic (exact) mass is 599 g/mol. The van der Waals surface area contributed by atoms with E-state index in [1.165, 1.54) is 0 Å². The first-order valence-corrected chi connectivity index (χ1v) is 13.8. The van der Waals surface area contributed by atoms with Crippen LogP contribution in [0.1, 0.15) is 33.3 Å². The summed E-state index contributed by atoms with van der Waals surface area (Å²) < 4.78 is 14.8. The van der Waals surface area contributed by atoms with E-state index in [1.807, 2.05) is 94.6 Å². The molecule has 1 fully saturated rings. The van der Waals surface area contributed by atoms with Gasteiger partial charge in [-0.05, 0) is 81.2 Å². The molecule has 0 saturated carbocycles. The number of hydrogen-bond donors (Lipinski definition) is 2. The third-order valence-corrected chi connectivity index (χ3v) is 7.89. The molecule has 0 unspecified atom stereocenters. The Bertz CT molecular complexity index is 1660. The highest BCUT2D eigenvalue weighted by Gasteiger charge is 2.51. The number of aromatic hydroxyl groups is 1. The number of nitrogens with zero attached hydrogens (tertiary/aromatic N) is 2. The van der Waals surface area contributed by atoms with Gasteiger partial charge >= 0.3 is 7.12 Å². The molecule has 1 aliphatic heterocycles. The highest BCUT2D eigenvalue weighted by molar-refractivity contribution is 9.10. The van der Waals surface area contributed by atoms with Crippen molar-refractivity contribution in [1.29, 1.82) is 0 Å². The molecule has 3 heterocycles. The Balaban J connectivity index is 0.000000168. The quantitative estimate of drug-likeness (QED) is 0.251. The average Bonchev–Trinajstić information content (AvgIpc) is 3.43. The Morgan fingerprint density at radius 2 is 1.60 bits per heavy atom. The van der Waals surface area contributed by atoms with E-state index < -0.39 is 18.3 Å². The molecule has 3 aromatic carbocycles. The van der Waals surface area contributed by atoms with E-state index in [4.69, 9.17) is 9.31 Å². The van der Waals surface area contributed by atoms with E-state index in [0.29, 0.717) is 6.54 Å². The topological polar surface area (TPSA) is 89.4 Å². The second kappa shape index (κ2) is 11.1. The molecular formula is C31H31BBrN3O4. The summed E-state index contributed by atoms with van der Waals surface area (Å²) >= 11 is 3.43. The number of nitrogens with one attached hydrogen (secondary N) is 1. The Hall–Kier alpha value is -3.66. The largest absolute Gasteiger partial charge is 0.508 e. The van der Waals surface area contributed by atoms with Crippen molar-refractivity contribution in [2.24, 2.45) is 0 Å². The number of phenolic OH excluding ortho intramolecular Hbond substituents is 1. The number of aromatic amines is 1. The third kappa shape index (κ3) is 5.92. The highest BCUT2D eigenvalue weighted by atomic mass is 79.9. The summed E-state index contributed by atoms with van der Waals surface area (Å²) in [5.74, 6) is 0.260. The Morgan fingerprint density at radius 3 is 2.27 bits per heavy atom. The van der Waals surface area contributed by atoms with Gasteiger partial charge in [-0.3, -0.25) is 9.89 Å². The lowest BCUT2D eigenvalue weighted by molar-refractivity contribution is 0.00578. The summed E-state index contributed by atoms with van der Waals surface area (Å²) in [4.78, 5) is 12.1. The van der Waals surface area contributed by atoms with Gasteiger partial charge in [0.25, 0.3) is 5.56 Å². The van der Waals surface area contributed by atoms with Crippen LogP contribution in [0.15, 0.2) is 100 Å². The minimum absolute atomic E-state index is 0.0332. The first kappa shape index (κ1) is 27.9. The van der Waals surface area contributed by atoms with Crippen LogP contribution in [0.5, 0.6) is 5.75 Å². The van der Waals surface area contributed by atoms with Gasteiger partial charge in [0.2, 0.25) is 0 Å². The van der Waals surface area contributed by atoms with Gasteiger partial charge in [0, 0.05) is 27.7 Å². The van der Waals surface area contributed by atoms with Gasteiger partial charge in [0.15, 0.2) is 0 Å². The number of pyridine rings is 1. The standard InChI is InChI=1S/C18H22BNO3.C13H9BrN2O/c1-17(2)18(3,4)23-19(22-17)15-10-11-16(21)20(13-15)12-14-8-6-5-7-9-14;14-9-3-6-11-12(7-9)15-16-13(11)8-1-4-10(17)5-2-8/h5-11,13H,12H2,1-4H3;1-7,17H,(H,15,16). The van der Waals surface area contributed by atoms with Crippen molar-refractivity contribution in [2.45, 2.75) is 45.4 Å². The van der Waals surface area contributed by atoms with Crippen LogP contribution in [0.25, 0.3) is 22.2 Å². The van der Waals surface area contributed by atoms with Crippen LogP contribution in [0.4, 0.5) is 0 Å². The van der Waals surface area contributed by atoms with Gasteiger partial charge in [-0.1, -0.05) is 52.3 Å². The van der Waals surface area contributed by atoms with Crippen molar-refractivity contribution in [1.82, 2.24) is 14.8 Å². The van der Waals surface area contributed by atoms with Gasteiger partial charge < -0.3 is 19.0 Å². The predicted octanol–water partition coefficient (Wildman–Crippen LogP) is 5.89. The fourth-order valence-corrected chi connectivity index (χ4v) is 4.76. The molecule has 6 rings (SSSR count). The van der Waals surface area contributed by atoms with E-state index >= 15 is 0 Å². The third-order valence-electron chi connectivity index (χ3n) is 7.39. The predicted molar refractivity (Wildman–Crippen MR) is 163 cm³/mol. The zero-order valence-electron chi connectivity index (χ0n) is 22.9. The lowest BCUT2D eigenvalue weighted by Crippen LogP contribution is -2.41. The SMILES string of the molecule is CC1(C)OB(c2ccc(=O)n(Cc3ccccc3)c2)OC1(C)C.Oc1ccc(-c2n[nH]c3cc(Br)ccc23)cc1. The molecule has 1 saturated heterocycles. The minimum Gasteiger partial charge on any atom is -0.508 e. The van der Waals surface area contributed by atoms with Crippen LogP contribution >= 0.6 is 15.9 Å². The van der Waals surface area contributed by atoms with Crippen LogP contribution in [0, 0.1) is 0 Å². The van der Waals surface area contributed by atoms with Crippen molar-refractivity contribution in [3.05, 3.63) is 112 Å². The molecule has 0 spiro atoms. The first-order valence-electron chi connectivity index (χ1n) is 13.1. The zero-order chi connectivity index (χ0) is 28.5. The van der Waals surface area contributed by atoms with E-state index in [1.54, 1.807) is 28.8 Å². The maximum Gasteiger partial charge on any atom is 0.496 e. The van der Waals surface area contributed by atoms with Crippen molar-refractivity contribution in [3.63, 3.8) is 0 Å². The average molecular weight is 600 g/mol. The maximum atomic E-state index is 12.1. The zero-order valence-corrected chi connectivity index (χ0v) is 24.5. The smallest absolute Gasteiger partial charge is 0.496 e. The molecule has 2 aromatic heterocycles. The number of hydrogen-bond acceptors (Lipinski definition) is 5. The van der Waals surface area contributed by atoms with Gasteiger partial charge in [-0.2, -0.15) is 5.10 Å². The summed E-state index contributed by atoms with van der Waals surface area (Å²) in [7, 11) is -0.456. The molecule has 2 N–H and O–H groups in total. The molecular weight excluding hydrogens is 569 g/mol. The van der Waals surface area contributed by atoms with Crippen LogP contribution < -0.4 is 11.0 Å². The van der Waals surface area contributed by atoms with E-state index in [0.717, 1.165) is 37.7 Å². The number of rotatable bonds is 4. The molecule has 0 bridgehead atoms. The van der Waals surface area contributed by atoms with Gasteiger partial charge in [-0.15, -0.1) is 0 Å². The molecule has 1 aliphatic rings. The normalized spacial score (nSPS) is 15.6. The fraction of sp³-hybridized carbons (Fsp3) is 0.226. The van der Waals surface area contributed by atoms with Crippen LogP contribution in [0.3, 0.4) is 0 Å². The molecule has 9 heteroatoms. The van der Waals surface area contributed by atoms with Crippen LogP contribution in [-0.2, 0) is 15.9 Å². The number of H-pyrrole nitrogens is 1. The molecule has 40 heavy (non-hydrogen) atoms. The van der Waals surface area contributed by atoms with Gasteiger partial charge in [0.1, 0.15) is 5.75 Å². The Kier molecular flexibility index (Phi) is 7.73. The molecule has 204 valence electrons. The summed E-state index contributed by atoms with van der Waals surface area (Å²) in [6, 6.07) is 26.3. The summed E-state index contributed by atoms with van der Waals surface area (Å²) in [5.41, 5.74) is 4.00. The number of benzene rings is 3. The molecule has 0 atom stereocenters. The number of phenols is 1. The Morgan fingerprint density at radius 1 is 0.925 bits per heavy atom. The second-order valence-electron chi connectivity index (χ2n) is 10.8. The van der Waals surface area contributed by atoms with E-state index in [9.17, 15) is 9.90 Å². The van der Waals surface area contributed by atoms with Gasteiger partial charge in [-0.25, -0.2) is 0 Å². The van der Waals surface area contributed by atoms with Crippen LogP contribution in [-0.4, -0.2) is 38.2 Å². The number of aromatic nitrogens is 3. The second-order valence-corrected chi connectivity index (χ2v) is 11.7. The maximum absolute atomic E-state index is 12.1. The number of halogens is 1. The lowest BCUT2D eigenvalue weighted by atomic mass is 9.80. The molecule has 7 nitrogen and oxygen atoms in total. The van der Waals surface area contributed by atoms with Crippen LogP contribution in [0.2, 0.25) is 0 Å². The van der Waals surface area contributed by atoms with Crippen molar-refractivity contribution >= 4 is 39.4 Å². The van der Waals surface area contributed by atoms with Crippen molar-refractivity contribution in [2.75, 3.05) is 0 Å². The molecule has 0 radical (unpaired) electrons. The fourth-order valence-electron chi connectivity index (χ4n) is 4.40. The lowest BCUT2D eigenvalue weighted by Gasteiger charge is -2.32. The number of fused-ring (bicyclic) bond motifs is 1.